The Morgan fingerprint density at radius 3 is 1.41 bits per heavy atom. The highest BCUT2D eigenvalue weighted by atomic mass is 16.3. The van der Waals surface area contributed by atoms with Crippen molar-refractivity contribution in [1.29, 1.82) is 0 Å². The highest BCUT2D eigenvalue weighted by Gasteiger charge is 2.17. The number of fused-ring (bicyclic) bond motifs is 6. The maximum Gasteiger partial charge on any atom is 0.136 e. The van der Waals surface area contributed by atoms with Gasteiger partial charge >= 0.3 is 0 Å². The molecule has 59 heavy (non-hydrogen) atoms. The molecule has 10 aromatic carbocycles. The second kappa shape index (κ2) is 14.4. The van der Waals surface area contributed by atoms with E-state index in [1.54, 1.807) is 0 Å². The monoisotopic (exact) mass is 753 g/mol. The van der Waals surface area contributed by atoms with Gasteiger partial charge in [0.1, 0.15) is 11.2 Å². The molecule has 0 atom stereocenters. The molecule has 0 saturated carbocycles. The third-order valence-corrected chi connectivity index (χ3v) is 11.7. The summed E-state index contributed by atoms with van der Waals surface area (Å²) in [6.45, 7) is 2.14. The zero-order valence-electron chi connectivity index (χ0n) is 32.6. The van der Waals surface area contributed by atoms with Gasteiger partial charge in [-0.15, -0.1) is 0 Å². The maximum atomic E-state index is 6.32. The average Bonchev–Trinajstić information content (AvgIpc) is 3.68. The van der Waals surface area contributed by atoms with E-state index in [1.807, 2.05) is 12.1 Å². The summed E-state index contributed by atoms with van der Waals surface area (Å²) in [6, 6.07) is 78.9. The van der Waals surface area contributed by atoms with Crippen LogP contribution in [0.2, 0.25) is 0 Å². The van der Waals surface area contributed by atoms with Crippen LogP contribution in [-0.4, -0.2) is 0 Å². The molecule has 1 aromatic heterocycles. The molecule has 0 fully saturated rings. The summed E-state index contributed by atoms with van der Waals surface area (Å²) in [5.74, 6) is 0. The molecule has 0 aliphatic heterocycles. The van der Waals surface area contributed by atoms with Gasteiger partial charge in [-0.2, -0.15) is 0 Å². The van der Waals surface area contributed by atoms with Crippen molar-refractivity contribution in [2.75, 3.05) is 4.90 Å². The van der Waals surface area contributed by atoms with Crippen molar-refractivity contribution < 1.29 is 4.42 Å². The highest BCUT2D eigenvalue weighted by molar-refractivity contribution is 6.14. The smallest absolute Gasteiger partial charge is 0.136 e. The standard InChI is InChI=1S/C57H39NO/c1-38-35-54(57-52-17-9-10-18-55(52)59-56(57)36-38)44-27-33-48(34-28-44)58(46-29-23-42(24-30-46)41-21-19-40(20-22-41)39-11-3-2-4-12-39)47-31-25-43(26-32-47)53-37-45-13-5-6-14-49(45)50-15-7-8-16-51(50)53/h2-37H,1H3. The van der Waals surface area contributed by atoms with Gasteiger partial charge in [-0.3, -0.25) is 0 Å². The van der Waals surface area contributed by atoms with Crippen LogP contribution in [-0.2, 0) is 0 Å². The summed E-state index contributed by atoms with van der Waals surface area (Å²) in [5, 5.41) is 7.35. The number of aryl methyl sites for hydroxylation is 1. The van der Waals surface area contributed by atoms with Crippen molar-refractivity contribution in [2.24, 2.45) is 0 Å². The molecular formula is C57H39NO. The summed E-state index contributed by atoms with van der Waals surface area (Å²) in [7, 11) is 0. The van der Waals surface area contributed by atoms with Gasteiger partial charge in [0, 0.05) is 27.8 Å². The van der Waals surface area contributed by atoms with Crippen molar-refractivity contribution in [3.05, 3.63) is 224 Å². The number of hydrogen-bond acceptors (Lipinski definition) is 2. The van der Waals surface area contributed by atoms with E-state index >= 15 is 0 Å². The first kappa shape index (κ1) is 34.6. The predicted octanol–water partition coefficient (Wildman–Crippen LogP) is 16.3. The molecule has 0 N–H and O–H groups in total. The number of anilines is 3. The van der Waals surface area contributed by atoms with E-state index in [4.69, 9.17) is 4.42 Å². The van der Waals surface area contributed by atoms with Crippen LogP contribution in [0, 0.1) is 6.92 Å². The lowest BCUT2D eigenvalue weighted by Crippen LogP contribution is -2.09. The fourth-order valence-electron chi connectivity index (χ4n) is 8.83. The van der Waals surface area contributed by atoms with Gasteiger partial charge in [0.25, 0.3) is 0 Å². The van der Waals surface area contributed by atoms with Gasteiger partial charge in [0.2, 0.25) is 0 Å². The summed E-state index contributed by atoms with van der Waals surface area (Å²) in [4.78, 5) is 2.35. The number of para-hydroxylation sites is 1. The normalized spacial score (nSPS) is 11.5. The van der Waals surface area contributed by atoms with Crippen LogP contribution in [0.5, 0.6) is 0 Å². The van der Waals surface area contributed by atoms with E-state index < -0.39 is 0 Å². The largest absolute Gasteiger partial charge is 0.456 e. The second-order valence-electron chi connectivity index (χ2n) is 15.4. The molecule has 0 aliphatic carbocycles. The van der Waals surface area contributed by atoms with Crippen molar-refractivity contribution >= 4 is 60.5 Å². The van der Waals surface area contributed by atoms with Crippen molar-refractivity contribution in [3.63, 3.8) is 0 Å². The van der Waals surface area contributed by atoms with Gasteiger partial charge < -0.3 is 9.32 Å². The Labute approximate surface area is 343 Å². The minimum absolute atomic E-state index is 0.910. The molecule has 0 unspecified atom stereocenters. The van der Waals surface area contributed by atoms with Gasteiger partial charge in [-0.1, -0.05) is 164 Å². The van der Waals surface area contributed by atoms with Crippen LogP contribution in [0.4, 0.5) is 17.1 Å². The molecule has 278 valence electrons. The molecule has 0 spiro atoms. The first-order valence-electron chi connectivity index (χ1n) is 20.2. The Kier molecular flexibility index (Phi) is 8.41. The lowest BCUT2D eigenvalue weighted by Gasteiger charge is -2.26. The van der Waals surface area contributed by atoms with Gasteiger partial charge in [0.05, 0.1) is 0 Å². The average molecular weight is 754 g/mol. The Hall–Kier alpha value is -7.68. The number of benzene rings is 10. The summed E-state index contributed by atoms with van der Waals surface area (Å²) in [6.07, 6.45) is 0. The minimum Gasteiger partial charge on any atom is -0.456 e. The quantitative estimate of drug-likeness (QED) is 0.151. The van der Waals surface area contributed by atoms with E-state index in [1.165, 1.54) is 66.1 Å². The highest BCUT2D eigenvalue weighted by Crippen LogP contribution is 2.42. The topological polar surface area (TPSA) is 16.4 Å². The summed E-state index contributed by atoms with van der Waals surface area (Å²) >= 11 is 0. The molecule has 0 aliphatic rings. The van der Waals surface area contributed by atoms with Crippen LogP contribution in [0.3, 0.4) is 0 Å². The van der Waals surface area contributed by atoms with Gasteiger partial charge in [-0.05, 0) is 133 Å². The Morgan fingerprint density at radius 1 is 0.322 bits per heavy atom. The van der Waals surface area contributed by atoms with E-state index in [0.29, 0.717) is 0 Å². The summed E-state index contributed by atoms with van der Waals surface area (Å²) < 4.78 is 6.32. The fraction of sp³-hybridized carbons (Fsp3) is 0.0175. The molecule has 2 nitrogen and oxygen atoms in total. The number of furan rings is 1. The third kappa shape index (κ3) is 6.23. The minimum atomic E-state index is 0.910. The molecule has 11 rings (SSSR count). The molecule has 2 heteroatoms. The van der Waals surface area contributed by atoms with E-state index in [-0.39, 0.29) is 0 Å². The zero-order valence-corrected chi connectivity index (χ0v) is 32.6. The van der Waals surface area contributed by atoms with Crippen LogP contribution < -0.4 is 4.90 Å². The maximum absolute atomic E-state index is 6.32. The number of rotatable bonds is 7. The van der Waals surface area contributed by atoms with Crippen LogP contribution in [0.25, 0.3) is 88.0 Å². The van der Waals surface area contributed by atoms with E-state index in [2.05, 4.69) is 218 Å². The van der Waals surface area contributed by atoms with Gasteiger partial charge in [-0.25, -0.2) is 0 Å². The lowest BCUT2D eigenvalue weighted by atomic mass is 9.93. The van der Waals surface area contributed by atoms with Crippen LogP contribution in [0.15, 0.2) is 223 Å². The lowest BCUT2D eigenvalue weighted by molar-refractivity contribution is 0.668. The molecule has 0 saturated heterocycles. The van der Waals surface area contributed by atoms with Crippen LogP contribution >= 0.6 is 0 Å². The Bertz CT molecular complexity index is 3290. The SMILES string of the molecule is Cc1cc(-c2ccc(N(c3ccc(-c4ccc(-c5ccccc5)cc4)cc3)c3ccc(-c4cc5ccccc5c5ccccc45)cc3)cc2)c2c(c1)oc1ccccc12. The fourth-order valence-corrected chi connectivity index (χ4v) is 8.83. The molecular weight excluding hydrogens is 715 g/mol. The molecule has 0 bridgehead atoms. The first-order valence-corrected chi connectivity index (χ1v) is 20.2. The zero-order chi connectivity index (χ0) is 39.3. The van der Waals surface area contributed by atoms with Crippen molar-refractivity contribution in [1.82, 2.24) is 0 Å². The summed E-state index contributed by atoms with van der Waals surface area (Å²) in [5.41, 5.74) is 15.8. The molecule has 1 heterocycles. The number of hydrogen-bond donors (Lipinski definition) is 0. The van der Waals surface area contributed by atoms with Crippen molar-refractivity contribution in [3.8, 4) is 44.5 Å². The predicted molar refractivity (Wildman–Crippen MR) is 250 cm³/mol. The Balaban J connectivity index is 0.993. The number of nitrogens with zero attached hydrogens (tertiary/aromatic N) is 1. The molecule has 0 radical (unpaired) electrons. The molecule has 0 amide bonds. The van der Waals surface area contributed by atoms with E-state index in [9.17, 15) is 0 Å². The van der Waals surface area contributed by atoms with E-state index in [0.717, 1.165) is 44.6 Å². The third-order valence-electron chi connectivity index (χ3n) is 11.7. The van der Waals surface area contributed by atoms with Gasteiger partial charge in [0.15, 0.2) is 0 Å². The van der Waals surface area contributed by atoms with Crippen LogP contribution in [0.1, 0.15) is 5.56 Å². The first-order chi connectivity index (χ1) is 29.1. The molecule has 11 aromatic rings. The second-order valence-corrected chi connectivity index (χ2v) is 15.4. The van der Waals surface area contributed by atoms with Crippen molar-refractivity contribution in [2.45, 2.75) is 6.92 Å². The Morgan fingerprint density at radius 2 is 0.780 bits per heavy atom.